The molecule has 0 saturated heterocycles. The number of para-hydroxylation sites is 2. The number of amides is 1. The summed E-state index contributed by atoms with van der Waals surface area (Å²) in [5, 5.41) is 20.2. The van der Waals surface area contributed by atoms with Crippen molar-refractivity contribution in [3.8, 4) is 11.8 Å². The summed E-state index contributed by atoms with van der Waals surface area (Å²) in [6.07, 6.45) is 0. The summed E-state index contributed by atoms with van der Waals surface area (Å²) >= 11 is 0. The van der Waals surface area contributed by atoms with Crippen molar-refractivity contribution in [2.24, 2.45) is 5.73 Å². The third kappa shape index (κ3) is 1.89. The molecule has 8 heteroatoms. The first-order valence-corrected chi connectivity index (χ1v) is 8.72. The molecule has 1 atom stereocenters. The third-order valence-electron chi connectivity index (χ3n) is 5.39. The van der Waals surface area contributed by atoms with Crippen molar-refractivity contribution in [3.05, 3.63) is 81.5 Å². The average molecular weight is 387 g/mol. The van der Waals surface area contributed by atoms with Gasteiger partial charge in [0.1, 0.15) is 29.5 Å². The monoisotopic (exact) mass is 387 g/mol. The van der Waals surface area contributed by atoms with E-state index >= 15 is 0 Å². The van der Waals surface area contributed by atoms with Crippen molar-refractivity contribution < 1.29 is 19.1 Å². The number of fused-ring (bicyclic) bond motifs is 6. The van der Waals surface area contributed by atoms with Gasteiger partial charge < -0.3 is 20.0 Å². The SMILES string of the molecule is N#CC1=C(N)Oc2c(c(=O)oc3ccccc23)[C@@]12C(=O)N(CO)c1ccccc12. The average Bonchev–Trinajstić information content (AvgIpc) is 2.96. The number of nitrogens with two attached hydrogens (primary N) is 1. The van der Waals surface area contributed by atoms with Crippen molar-refractivity contribution in [3.63, 3.8) is 0 Å². The number of aliphatic hydroxyl groups excluding tert-OH is 1. The fourth-order valence-electron chi connectivity index (χ4n) is 4.24. The van der Waals surface area contributed by atoms with Crippen molar-refractivity contribution in [1.29, 1.82) is 5.26 Å². The van der Waals surface area contributed by atoms with Crippen molar-refractivity contribution in [1.82, 2.24) is 0 Å². The largest absolute Gasteiger partial charge is 0.439 e. The Bertz CT molecular complexity index is 1350. The molecule has 0 radical (unpaired) electrons. The van der Waals surface area contributed by atoms with Crippen LogP contribution in [0.2, 0.25) is 0 Å². The van der Waals surface area contributed by atoms with E-state index < -0.39 is 23.7 Å². The fourth-order valence-corrected chi connectivity index (χ4v) is 4.24. The molecule has 3 aromatic rings. The number of rotatable bonds is 1. The lowest BCUT2D eigenvalue weighted by Crippen LogP contribution is -2.48. The number of carbonyl (C=O) groups is 1. The van der Waals surface area contributed by atoms with Gasteiger partial charge in [0.15, 0.2) is 11.2 Å². The first kappa shape index (κ1) is 17.0. The maximum Gasteiger partial charge on any atom is 0.345 e. The van der Waals surface area contributed by atoms with Gasteiger partial charge in [-0.15, -0.1) is 0 Å². The third-order valence-corrected chi connectivity index (χ3v) is 5.39. The van der Waals surface area contributed by atoms with Crippen molar-refractivity contribution >= 4 is 22.6 Å². The molecule has 2 aliphatic rings. The number of carbonyl (C=O) groups excluding carboxylic acids is 1. The highest BCUT2D eigenvalue weighted by molar-refractivity contribution is 6.14. The molecule has 0 fully saturated rings. The van der Waals surface area contributed by atoms with Gasteiger partial charge in [-0.1, -0.05) is 30.3 Å². The second-order valence-corrected chi connectivity index (χ2v) is 6.68. The highest BCUT2D eigenvalue weighted by Gasteiger charge is 2.61. The van der Waals surface area contributed by atoms with Crippen LogP contribution in [0.25, 0.3) is 11.0 Å². The number of hydrogen-bond donors (Lipinski definition) is 2. The zero-order chi connectivity index (χ0) is 20.3. The Kier molecular flexibility index (Phi) is 3.35. The number of ether oxygens (including phenoxy) is 1. The van der Waals surface area contributed by atoms with Gasteiger partial charge in [-0.05, 0) is 18.2 Å². The summed E-state index contributed by atoms with van der Waals surface area (Å²) in [7, 11) is 0. The highest BCUT2D eigenvalue weighted by Crippen LogP contribution is 2.54. The quantitative estimate of drug-likeness (QED) is 0.605. The Balaban J connectivity index is 2.02. The zero-order valence-electron chi connectivity index (χ0n) is 14.9. The first-order chi connectivity index (χ1) is 14.1. The van der Waals surface area contributed by atoms with Crippen LogP contribution in [-0.2, 0) is 10.2 Å². The molecule has 3 N–H and O–H groups in total. The second-order valence-electron chi connectivity index (χ2n) is 6.68. The molecule has 2 aromatic carbocycles. The van der Waals surface area contributed by atoms with Crippen LogP contribution >= 0.6 is 0 Å². The topological polar surface area (TPSA) is 130 Å². The van der Waals surface area contributed by atoms with Crippen LogP contribution < -0.4 is 21.0 Å². The van der Waals surface area contributed by atoms with Crippen LogP contribution in [0.3, 0.4) is 0 Å². The Morgan fingerprint density at radius 3 is 2.62 bits per heavy atom. The second kappa shape index (κ2) is 5.70. The predicted molar refractivity (Wildman–Crippen MR) is 102 cm³/mol. The van der Waals surface area contributed by atoms with Crippen LogP contribution in [0.4, 0.5) is 5.69 Å². The molecule has 3 heterocycles. The smallest absolute Gasteiger partial charge is 0.345 e. The summed E-state index contributed by atoms with van der Waals surface area (Å²) in [6.45, 7) is -0.634. The normalized spacial score (nSPS) is 19.9. The van der Waals surface area contributed by atoms with Crippen molar-refractivity contribution in [2.75, 3.05) is 11.6 Å². The number of benzene rings is 2. The van der Waals surface area contributed by atoms with Gasteiger partial charge in [-0.2, -0.15) is 5.26 Å². The van der Waals surface area contributed by atoms with Gasteiger partial charge in [0, 0.05) is 5.56 Å². The molecule has 1 spiro atoms. The van der Waals surface area contributed by atoms with Gasteiger partial charge in [0.2, 0.25) is 11.8 Å². The zero-order valence-corrected chi connectivity index (χ0v) is 14.9. The molecule has 5 rings (SSSR count). The van der Waals surface area contributed by atoms with Gasteiger partial charge >= 0.3 is 5.63 Å². The van der Waals surface area contributed by atoms with E-state index in [4.69, 9.17) is 14.9 Å². The summed E-state index contributed by atoms with van der Waals surface area (Å²) in [4.78, 5) is 27.8. The van der Waals surface area contributed by atoms with E-state index in [1.54, 1.807) is 48.5 Å². The number of nitrogens with zero attached hydrogens (tertiary/aromatic N) is 2. The van der Waals surface area contributed by atoms with Crippen LogP contribution in [0.5, 0.6) is 5.75 Å². The van der Waals surface area contributed by atoms with Crippen LogP contribution in [-0.4, -0.2) is 17.7 Å². The van der Waals surface area contributed by atoms with E-state index in [1.165, 1.54) is 0 Å². The highest BCUT2D eigenvalue weighted by atomic mass is 16.5. The molecule has 0 saturated carbocycles. The predicted octanol–water partition coefficient (Wildman–Crippen LogP) is 1.46. The molecule has 0 aliphatic carbocycles. The summed E-state index contributed by atoms with van der Waals surface area (Å²) in [5.41, 5.74) is 4.03. The van der Waals surface area contributed by atoms with Gasteiger partial charge in [0.05, 0.1) is 11.1 Å². The number of nitriles is 1. The van der Waals surface area contributed by atoms with E-state index in [-0.39, 0.29) is 28.4 Å². The Labute approximate surface area is 163 Å². The summed E-state index contributed by atoms with van der Waals surface area (Å²) in [5.74, 6) is -0.886. The number of anilines is 1. The van der Waals surface area contributed by atoms with E-state index in [0.717, 1.165) is 4.90 Å². The maximum atomic E-state index is 13.6. The molecule has 29 heavy (non-hydrogen) atoms. The van der Waals surface area contributed by atoms with Crippen LogP contribution in [0.15, 0.2) is 69.2 Å². The van der Waals surface area contributed by atoms with Gasteiger partial charge in [0.25, 0.3) is 0 Å². The Hall–Kier alpha value is -4.09. The molecule has 1 aromatic heterocycles. The van der Waals surface area contributed by atoms with E-state index in [0.29, 0.717) is 16.6 Å². The summed E-state index contributed by atoms with van der Waals surface area (Å²) < 4.78 is 11.2. The molecular formula is C21H13N3O5. The lowest BCUT2D eigenvalue weighted by atomic mass is 9.69. The maximum absolute atomic E-state index is 13.6. The molecule has 1 amide bonds. The number of hydrogen-bond acceptors (Lipinski definition) is 7. The minimum absolute atomic E-state index is 0.0660. The van der Waals surface area contributed by atoms with Gasteiger partial charge in [-0.25, -0.2) is 4.79 Å². The molecule has 142 valence electrons. The van der Waals surface area contributed by atoms with Gasteiger partial charge in [-0.3, -0.25) is 9.69 Å². The van der Waals surface area contributed by atoms with Crippen molar-refractivity contribution in [2.45, 2.75) is 5.41 Å². The summed E-state index contributed by atoms with van der Waals surface area (Å²) in [6, 6.07) is 15.2. The molecular weight excluding hydrogens is 374 g/mol. The molecule has 0 unspecified atom stereocenters. The minimum atomic E-state index is -1.86. The lowest BCUT2D eigenvalue weighted by Gasteiger charge is -2.33. The standard InChI is InChI=1S/C21H13N3O5/c22-9-13-18(23)29-17-11-5-1-4-8-15(11)28-19(26)16(17)21(13)12-6-2-3-7-14(12)24(10-25)20(21)27/h1-8,25H,10,23H2/t21-/m0/s1. The molecule has 0 bridgehead atoms. The Morgan fingerprint density at radius 1 is 1.14 bits per heavy atom. The fraction of sp³-hybridized carbons (Fsp3) is 0.0952. The first-order valence-electron chi connectivity index (χ1n) is 8.72. The minimum Gasteiger partial charge on any atom is -0.439 e. The van der Waals surface area contributed by atoms with E-state index in [1.807, 2.05) is 6.07 Å². The van der Waals surface area contributed by atoms with E-state index in [9.17, 15) is 20.0 Å². The Morgan fingerprint density at radius 2 is 1.86 bits per heavy atom. The van der Waals surface area contributed by atoms with Crippen LogP contribution in [0, 0.1) is 11.3 Å². The molecule has 2 aliphatic heterocycles. The lowest BCUT2D eigenvalue weighted by molar-refractivity contribution is -0.121. The van der Waals surface area contributed by atoms with E-state index in [2.05, 4.69) is 0 Å². The molecule has 8 nitrogen and oxygen atoms in total. The number of aliphatic hydroxyl groups is 1. The van der Waals surface area contributed by atoms with Crippen LogP contribution in [0.1, 0.15) is 11.1 Å².